The second kappa shape index (κ2) is 7.86. The van der Waals surface area contributed by atoms with Crippen LogP contribution in [0.1, 0.15) is 59.8 Å². The highest BCUT2D eigenvalue weighted by molar-refractivity contribution is 5.82. The zero-order chi connectivity index (χ0) is 11.8. The molecule has 0 radical (unpaired) electrons. The molecule has 0 fully saturated rings. The Labute approximate surface area is 94.6 Å². The molecular weight excluding hydrogens is 186 g/mol. The van der Waals surface area contributed by atoms with Crippen LogP contribution in [0, 0.1) is 11.8 Å². The van der Waals surface area contributed by atoms with E-state index in [1.165, 1.54) is 0 Å². The third-order valence-corrected chi connectivity index (χ3v) is 3.17. The van der Waals surface area contributed by atoms with Crippen LogP contribution in [-0.4, -0.2) is 11.8 Å². The number of hydrogen-bond acceptors (Lipinski definition) is 2. The first-order valence-electron chi connectivity index (χ1n) is 6.32. The first-order chi connectivity index (χ1) is 7.02. The lowest BCUT2D eigenvalue weighted by Crippen LogP contribution is -2.21. The minimum absolute atomic E-state index is 0.216. The average molecular weight is 213 g/mol. The first kappa shape index (κ1) is 14.6. The van der Waals surface area contributed by atoms with Crippen LogP contribution in [0.2, 0.25) is 0 Å². The molecule has 0 aliphatic carbocycles. The summed E-state index contributed by atoms with van der Waals surface area (Å²) in [7, 11) is 0. The number of Topliss-reactive ketones (excluding diaryl/α,β-unsaturated/α-hetero) is 1. The lowest BCUT2D eigenvalue weighted by molar-refractivity contribution is -0.126. The number of rotatable bonds is 8. The fourth-order valence-electron chi connectivity index (χ4n) is 1.98. The van der Waals surface area contributed by atoms with Crippen molar-refractivity contribution in [2.24, 2.45) is 17.6 Å². The molecule has 0 saturated carbocycles. The minimum Gasteiger partial charge on any atom is -0.328 e. The normalized spacial score (nSPS) is 15.3. The number of carbonyl (C=O) groups is 1. The smallest absolute Gasteiger partial charge is 0.138 e. The van der Waals surface area contributed by atoms with Crippen LogP contribution in [0.4, 0.5) is 0 Å². The van der Waals surface area contributed by atoms with Gasteiger partial charge in [-0.25, -0.2) is 0 Å². The monoisotopic (exact) mass is 213 g/mol. The van der Waals surface area contributed by atoms with E-state index in [-0.39, 0.29) is 17.9 Å². The molecule has 2 atom stereocenters. The van der Waals surface area contributed by atoms with Gasteiger partial charge < -0.3 is 5.73 Å². The molecule has 0 spiro atoms. The van der Waals surface area contributed by atoms with Crippen LogP contribution >= 0.6 is 0 Å². The Morgan fingerprint density at radius 1 is 1.13 bits per heavy atom. The van der Waals surface area contributed by atoms with Gasteiger partial charge in [0.2, 0.25) is 0 Å². The highest BCUT2D eigenvalue weighted by Gasteiger charge is 2.20. The molecule has 2 nitrogen and oxygen atoms in total. The van der Waals surface area contributed by atoms with Gasteiger partial charge in [0.25, 0.3) is 0 Å². The lowest BCUT2D eigenvalue weighted by Gasteiger charge is -2.17. The van der Waals surface area contributed by atoms with Gasteiger partial charge in [-0.1, -0.05) is 27.2 Å². The topological polar surface area (TPSA) is 43.1 Å². The number of carbonyl (C=O) groups excluding carboxylic acids is 1. The summed E-state index contributed by atoms with van der Waals surface area (Å²) in [5, 5.41) is 0. The fourth-order valence-corrected chi connectivity index (χ4v) is 1.98. The van der Waals surface area contributed by atoms with Gasteiger partial charge in [-0.15, -0.1) is 0 Å². The highest BCUT2D eigenvalue weighted by Crippen LogP contribution is 2.19. The summed E-state index contributed by atoms with van der Waals surface area (Å²) in [6.07, 6.45) is 5.06. The van der Waals surface area contributed by atoms with Crippen molar-refractivity contribution < 1.29 is 4.79 Å². The van der Waals surface area contributed by atoms with E-state index in [9.17, 15) is 4.79 Å². The average Bonchev–Trinajstić information content (AvgIpc) is 2.18. The van der Waals surface area contributed by atoms with E-state index in [0.717, 1.165) is 32.1 Å². The Morgan fingerprint density at radius 3 is 2.07 bits per heavy atom. The zero-order valence-electron chi connectivity index (χ0n) is 10.8. The van der Waals surface area contributed by atoms with Crippen LogP contribution in [-0.2, 0) is 4.79 Å². The summed E-state index contributed by atoms with van der Waals surface area (Å²) < 4.78 is 0. The van der Waals surface area contributed by atoms with E-state index in [1.54, 1.807) is 0 Å². The third kappa shape index (κ3) is 5.93. The predicted molar refractivity (Wildman–Crippen MR) is 65.7 cm³/mol. The standard InChI is InChI=1S/C13H27NO/c1-5-12(6-2)13(15)10(3)8-7-9-11(4)14/h10-12H,5-9,14H2,1-4H3. The van der Waals surface area contributed by atoms with Crippen molar-refractivity contribution in [1.82, 2.24) is 0 Å². The van der Waals surface area contributed by atoms with Crippen molar-refractivity contribution in [3.63, 3.8) is 0 Å². The molecule has 15 heavy (non-hydrogen) atoms. The maximum Gasteiger partial charge on any atom is 0.138 e. The molecule has 0 bridgehead atoms. The fraction of sp³-hybridized carbons (Fsp3) is 0.923. The molecule has 0 saturated heterocycles. The van der Waals surface area contributed by atoms with Crippen LogP contribution in [0.5, 0.6) is 0 Å². The molecule has 2 unspecified atom stereocenters. The van der Waals surface area contributed by atoms with Crippen LogP contribution in [0.15, 0.2) is 0 Å². The van der Waals surface area contributed by atoms with Gasteiger partial charge in [-0.05, 0) is 32.6 Å². The Bertz CT molecular complexity index is 173. The van der Waals surface area contributed by atoms with Gasteiger partial charge in [0.15, 0.2) is 0 Å². The molecule has 0 aromatic carbocycles. The molecule has 0 aliphatic heterocycles. The largest absolute Gasteiger partial charge is 0.328 e. The molecule has 0 aromatic rings. The van der Waals surface area contributed by atoms with E-state index in [0.29, 0.717) is 5.78 Å². The molecule has 0 amide bonds. The number of ketones is 1. The molecule has 0 aliphatic rings. The van der Waals surface area contributed by atoms with Crippen molar-refractivity contribution >= 4 is 5.78 Å². The Kier molecular flexibility index (Phi) is 7.67. The molecular formula is C13H27NO. The highest BCUT2D eigenvalue weighted by atomic mass is 16.1. The Balaban J connectivity index is 3.87. The van der Waals surface area contributed by atoms with Gasteiger partial charge in [-0.3, -0.25) is 4.79 Å². The minimum atomic E-state index is 0.216. The van der Waals surface area contributed by atoms with E-state index in [2.05, 4.69) is 20.8 Å². The second-order valence-electron chi connectivity index (χ2n) is 4.73. The molecule has 90 valence electrons. The summed E-state index contributed by atoms with van der Waals surface area (Å²) in [5.41, 5.74) is 5.68. The second-order valence-corrected chi connectivity index (χ2v) is 4.73. The maximum absolute atomic E-state index is 11.9. The van der Waals surface area contributed by atoms with Crippen LogP contribution in [0.25, 0.3) is 0 Å². The molecule has 0 rings (SSSR count). The van der Waals surface area contributed by atoms with Crippen molar-refractivity contribution in [2.45, 2.75) is 65.8 Å². The summed E-state index contributed by atoms with van der Waals surface area (Å²) in [5.74, 6) is 0.939. The van der Waals surface area contributed by atoms with Gasteiger partial charge in [0, 0.05) is 17.9 Å². The summed E-state index contributed by atoms with van der Waals surface area (Å²) in [4.78, 5) is 11.9. The molecule has 2 heteroatoms. The van der Waals surface area contributed by atoms with Gasteiger partial charge in [0.1, 0.15) is 5.78 Å². The van der Waals surface area contributed by atoms with Gasteiger partial charge in [-0.2, -0.15) is 0 Å². The van der Waals surface area contributed by atoms with E-state index >= 15 is 0 Å². The first-order valence-corrected chi connectivity index (χ1v) is 6.32. The SMILES string of the molecule is CCC(CC)C(=O)C(C)CCCC(C)N. The molecule has 0 heterocycles. The van der Waals surface area contributed by atoms with Crippen molar-refractivity contribution in [3.05, 3.63) is 0 Å². The zero-order valence-corrected chi connectivity index (χ0v) is 10.8. The maximum atomic E-state index is 11.9. The molecule has 2 N–H and O–H groups in total. The lowest BCUT2D eigenvalue weighted by atomic mass is 9.87. The van der Waals surface area contributed by atoms with E-state index < -0.39 is 0 Å². The molecule has 0 aromatic heterocycles. The van der Waals surface area contributed by atoms with Crippen LogP contribution in [0.3, 0.4) is 0 Å². The van der Waals surface area contributed by atoms with Gasteiger partial charge in [0.05, 0.1) is 0 Å². The predicted octanol–water partition coefficient (Wildman–Crippen LogP) is 3.15. The van der Waals surface area contributed by atoms with Crippen molar-refractivity contribution in [2.75, 3.05) is 0 Å². The summed E-state index contributed by atoms with van der Waals surface area (Å²) in [6, 6.07) is 0.264. The number of nitrogens with two attached hydrogens (primary N) is 1. The van der Waals surface area contributed by atoms with E-state index in [1.807, 2.05) is 6.92 Å². The summed E-state index contributed by atoms with van der Waals surface area (Å²) >= 11 is 0. The van der Waals surface area contributed by atoms with Gasteiger partial charge >= 0.3 is 0 Å². The Hall–Kier alpha value is -0.370. The van der Waals surface area contributed by atoms with E-state index in [4.69, 9.17) is 5.73 Å². The summed E-state index contributed by atoms with van der Waals surface area (Å²) in [6.45, 7) is 8.27. The van der Waals surface area contributed by atoms with Crippen LogP contribution < -0.4 is 5.73 Å². The van der Waals surface area contributed by atoms with Crippen molar-refractivity contribution in [3.8, 4) is 0 Å². The Morgan fingerprint density at radius 2 is 1.67 bits per heavy atom. The van der Waals surface area contributed by atoms with Crippen molar-refractivity contribution in [1.29, 1.82) is 0 Å². The quantitative estimate of drug-likeness (QED) is 0.673. The number of hydrogen-bond donors (Lipinski definition) is 1. The third-order valence-electron chi connectivity index (χ3n) is 3.17.